The molecule has 3 heterocycles. The Hall–Kier alpha value is 0.0400. The summed E-state index contributed by atoms with van der Waals surface area (Å²) in [4.78, 5) is 4.79. The van der Waals surface area contributed by atoms with Crippen LogP contribution in [-0.2, 0) is 6.54 Å². The number of fused-ring (bicyclic) bond motifs is 1. The molecule has 1 fully saturated rings. The van der Waals surface area contributed by atoms with E-state index in [1.165, 1.54) is 48.8 Å². The number of aromatic nitrogens is 2. The molecule has 2 nitrogen and oxygen atoms in total. The third kappa shape index (κ3) is 1.74. The second kappa shape index (κ2) is 4.37. The molecule has 1 aromatic rings. The minimum absolute atomic E-state index is 0.665. The van der Waals surface area contributed by atoms with Crippen molar-refractivity contribution >= 4 is 27.7 Å². The van der Waals surface area contributed by atoms with Gasteiger partial charge in [0.2, 0.25) is 0 Å². The topological polar surface area (TPSA) is 17.8 Å². The molecule has 2 aliphatic rings. The lowest BCUT2D eigenvalue weighted by Crippen LogP contribution is -2.17. The van der Waals surface area contributed by atoms with Gasteiger partial charge >= 0.3 is 0 Å². The minimum atomic E-state index is 0.665. The van der Waals surface area contributed by atoms with Gasteiger partial charge in [-0.25, -0.2) is 4.98 Å². The second-order valence-electron chi connectivity index (χ2n) is 4.90. The molecule has 0 aromatic carbocycles. The maximum absolute atomic E-state index is 4.79. The summed E-state index contributed by atoms with van der Waals surface area (Å²) in [6.07, 6.45) is 3.93. The van der Waals surface area contributed by atoms with Crippen LogP contribution in [0.2, 0.25) is 0 Å². The van der Waals surface area contributed by atoms with Gasteiger partial charge in [-0.2, -0.15) is 11.8 Å². The van der Waals surface area contributed by atoms with Crippen molar-refractivity contribution in [2.75, 3.05) is 11.5 Å². The SMILES string of the molecule is CC1CCCn2c(C3CCSC3)nc(Br)c21. The number of nitrogens with zero attached hydrogens (tertiary/aromatic N) is 2. The molecule has 0 radical (unpaired) electrons. The normalized spacial score (nSPS) is 29.4. The van der Waals surface area contributed by atoms with Gasteiger partial charge in [0.15, 0.2) is 0 Å². The van der Waals surface area contributed by atoms with Gasteiger partial charge in [-0.15, -0.1) is 0 Å². The van der Waals surface area contributed by atoms with E-state index in [4.69, 9.17) is 4.98 Å². The summed E-state index contributed by atoms with van der Waals surface area (Å²) < 4.78 is 3.60. The summed E-state index contributed by atoms with van der Waals surface area (Å²) in [7, 11) is 0. The molecule has 2 aliphatic heterocycles. The molecule has 0 bridgehead atoms. The molecule has 16 heavy (non-hydrogen) atoms. The number of halogens is 1. The number of imidazole rings is 1. The van der Waals surface area contributed by atoms with Crippen LogP contribution in [-0.4, -0.2) is 21.1 Å². The molecular weight excluding hydrogens is 284 g/mol. The van der Waals surface area contributed by atoms with Gasteiger partial charge in [0.05, 0.1) is 5.69 Å². The highest BCUT2D eigenvalue weighted by Crippen LogP contribution is 2.39. The molecule has 2 atom stereocenters. The summed E-state index contributed by atoms with van der Waals surface area (Å²) in [5.74, 6) is 5.27. The first-order chi connectivity index (χ1) is 7.77. The Balaban J connectivity index is 2.02. The van der Waals surface area contributed by atoms with Gasteiger partial charge in [0.1, 0.15) is 10.4 Å². The Morgan fingerprint density at radius 3 is 3.06 bits per heavy atom. The van der Waals surface area contributed by atoms with Crippen LogP contribution in [0.3, 0.4) is 0 Å². The van der Waals surface area contributed by atoms with Crippen molar-refractivity contribution in [2.24, 2.45) is 0 Å². The number of rotatable bonds is 1. The lowest BCUT2D eigenvalue weighted by Gasteiger charge is -2.23. The second-order valence-corrected chi connectivity index (χ2v) is 6.80. The van der Waals surface area contributed by atoms with Crippen LogP contribution >= 0.6 is 27.7 Å². The standard InChI is InChI=1S/C12H17BrN2S/c1-8-3-2-5-15-10(8)11(13)14-12(15)9-4-6-16-7-9/h8-9H,2-7H2,1H3. The third-order valence-electron chi connectivity index (χ3n) is 3.77. The zero-order valence-electron chi connectivity index (χ0n) is 9.58. The molecule has 88 valence electrons. The molecule has 0 saturated carbocycles. The van der Waals surface area contributed by atoms with Crippen molar-refractivity contribution < 1.29 is 0 Å². The van der Waals surface area contributed by atoms with Crippen LogP contribution in [0.25, 0.3) is 0 Å². The van der Waals surface area contributed by atoms with Gasteiger partial charge in [-0.05, 0) is 46.9 Å². The quantitative estimate of drug-likeness (QED) is 0.786. The Kier molecular flexibility index (Phi) is 3.05. The van der Waals surface area contributed by atoms with E-state index in [0.29, 0.717) is 11.8 Å². The maximum atomic E-state index is 4.79. The summed E-state index contributed by atoms with van der Waals surface area (Å²) in [6.45, 7) is 3.50. The Bertz CT molecular complexity index is 396. The van der Waals surface area contributed by atoms with Crippen LogP contribution in [0, 0.1) is 0 Å². The fraction of sp³-hybridized carbons (Fsp3) is 0.750. The maximum Gasteiger partial charge on any atom is 0.127 e. The molecule has 1 aromatic heterocycles. The average molecular weight is 301 g/mol. The zero-order chi connectivity index (χ0) is 11.1. The van der Waals surface area contributed by atoms with Crippen molar-refractivity contribution in [3.8, 4) is 0 Å². The highest BCUT2D eigenvalue weighted by Gasteiger charge is 2.29. The summed E-state index contributed by atoms with van der Waals surface area (Å²) in [5, 5.41) is 0. The van der Waals surface area contributed by atoms with Crippen LogP contribution in [0.15, 0.2) is 4.60 Å². The zero-order valence-corrected chi connectivity index (χ0v) is 12.0. The largest absolute Gasteiger partial charge is 0.330 e. The fourth-order valence-electron chi connectivity index (χ4n) is 2.90. The molecule has 0 amide bonds. The van der Waals surface area contributed by atoms with E-state index >= 15 is 0 Å². The highest BCUT2D eigenvalue weighted by molar-refractivity contribution is 9.10. The molecule has 3 rings (SSSR count). The average Bonchev–Trinajstić information content (AvgIpc) is 2.86. The monoisotopic (exact) mass is 300 g/mol. The van der Waals surface area contributed by atoms with Gasteiger partial charge in [0, 0.05) is 18.2 Å². The van der Waals surface area contributed by atoms with E-state index in [9.17, 15) is 0 Å². The van der Waals surface area contributed by atoms with Crippen LogP contribution in [0.4, 0.5) is 0 Å². The first-order valence-electron chi connectivity index (χ1n) is 6.11. The third-order valence-corrected chi connectivity index (χ3v) is 5.52. The first-order valence-corrected chi connectivity index (χ1v) is 8.05. The van der Waals surface area contributed by atoms with Crippen LogP contribution < -0.4 is 0 Å². The van der Waals surface area contributed by atoms with Crippen molar-refractivity contribution in [3.63, 3.8) is 0 Å². The van der Waals surface area contributed by atoms with Gasteiger partial charge in [-0.1, -0.05) is 6.92 Å². The van der Waals surface area contributed by atoms with E-state index in [1.807, 2.05) is 0 Å². The van der Waals surface area contributed by atoms with Gasteiger partial charge in [-0.3, -0.25) is 0 Å². The highest BCUT2D eigenvalue weighted by atomic mass is 79.9. The van der Waals surface area contributed by atoms with E-state index < -0.39 is 0 Å². The molecule has 0 aliphatic carbocycles. The van der Waals surface area contributed by atoms with Crippen molar-refractivity contribution in [1.82, 2.24) is 9.55 Å². The Labute approximate surface area is 109 Å². The lowest BCUT2D eigenvalue weighted by molar-refractivity contribution is 0.453. The fourth-order valence-corrected chi connectivity index (χ4v) is 4.90. The molecule has 1 saturated heterocycles. The van der Waals surface area contributed by atoms with Crippen molar-refractivity contribution in [1.29, 1.82) is 0 Å². The predicted molar refractivity (Wildman–Crippen MR) is 72.3 cm³/mol. The Morgan fingerprint density at radius 1 is 1.44 bits per heavy atom. The smallest absolute Gasteiger partial charge is 0.127 e. The molecule has 2 unspecified atom stereocenters. The van der Waals surface area contributed by atoms with Crippen molar-refractivity contribution in [3.05, 3.63) is 16.1 Å². The molecule has 0 N–H and O–H groups in total. The molecular formula is C12H17BrN2S. The summed E-state index contributed by atoms with van der Waals surface area (Å²) in [5.41, 5.74) is 1.44. The minimum Gasteiger partial charge on any atom is -0.330 e. The summed E-state index contributed by atoms with van der Waals surface area (Å²) in [6, 6.07) is 0. The van der Waals surface area contributed by atoms with Crippen LogP contribution in [0.5, 0.6) is 0 Å². The van der Waals surface area contributed by atoms with Crippen LogP contribution in [0.1, 0.15) is 49.5 Å². The number of hydrogen-bond donors (Lipinski definition) is 0. The van der Waals surface area contributed by atoms with E-state index in [-0.39, 0.29) is 0 Å². The van der Waals surface area contributed by atoms with Gasteiger partial charge in [0.25, 0.3) is 0 Å². The Morgan fingerprint density at radius 2 is 2.31 bits per heavy atom. The van der Waals surface area contributed by atoms with E-state index in [2.05, 4.69) is 39.2 Å². The predicted octanol–water partition coefficient (Wildman–Crippen LogP) is 3.76. The van der Waals surface area contributed by atoms with Crippen molar-refractivity contribution in [2.45, 2.75) is 44.6 Å². The number of hydrogen-bond acceptors (Lipinski definition) is 2. The number of thioether (sulfide) groups is 1. The lowest BCUT2D eigenvalue weighted by atomic mass is 9.98. The van der Waals surface area contributed by atoms with E-state index in [1.54, 1.807) is 0 Å². The van der Waals surface area contributed by atoms with E-state index in [0.717, 1.165) is 4.60 Å². The summed E-state index contributed by atoms with van der Waals surface area (Å²) >= 11 is 5.72. The van der Waals surface area contributed by atoms with Gasteiger partial charge < -0.3 is 4.57 Å². The molecule has 0 spiro atoms. The molecule has 4 heteroatoms. The first kappa shape index (κ1) is 11.1.